The molecule has 2 N–H and O–H groups in total. The van der Waals surface area contributed by atoms with Crippen LogP contribution < -0.4 is 0 Å². The van der Waals surface area contributed by atoms with Gasteiger partial charge in [-0.15, -0.1) is 0 Å². The van der Waals surface area contributed by atoms with Crippen molar-refractivity contribution in [2.45, 2.75) is 0 Å². The summed E-state index contributed by atoms with van der Waals surface area (Å²) in [5, 5.41) is 13.9. The van der Waals surface area contributed by atoms with Gasteiger partial charge in [0.15, 0.2) is 0 Å². The third-order valence-electron chi connectivity index (χ3n) is 0. The van der Waals surface area contributed by atoms with Crippen molar-refractivity contribution in [3.05, 3.63) is 0 Å². The Balaban J connectivity index is -0.0000000720. The Morgan fingerprint density at radius 2 is 1.22 bits per heavy atom. The first-order chi connectivity index (χ1) is 3.46. The first-order valence-corrected chi connectivity index (χ1v) is 1.99. The van der Waals surface area contributed by atoms with Crippen LogP contribution in [0.5, 0.6) is 0 Å². The number of nitrogens with zero attached hydrogens (tertiary/aromatic N) is 1. The molecule has 0 amide bonds. The van der Waals surface area contributed by atoms with Gasteiger partial charge in [-0.3, -0.25) is 0 Å². The summed E-state index contributed by atoms with van der Waals surface area (Å²) in [4.78, 5) is 10.6. The molecule has 5 heteroatoms. The molecule has 0 rings (SSSR count). The van der Waals surface area contributed by atoms with Crippen molar-refractivity contribution < 1.29 is 15.0 Å². The molecule has 0 fully saturated rings. The second-order valence-corrected chi connectivity index (χ2v) is 1.62. The predicted octanol–water partition coefficient (Wildman–Crippen LogP) is -0.248. The van der Waals surface area contributed by atoms with Gasteiger partial charge in [-0.2, -0.15) is 0 Å². The van der Waals surface area contributed by atoms with Crippen molar-refractivity contribution in [2.75, 3.05) is 21.1 Å². The van der Waals surface area contributed by atoms with E-state index in [-0.39, 0.29) is 51.4 Å². The van der Waals surface area contributed by atoms with Crippen molar-refractivity contribution in [1.82, 2.24) is 4.90 Å². The van der Waals surface area contributed by atoms with Gasteiger partial charge < -0.3 is 15.1 Å². The monoisotopic (exact) mass is 161 g/mol. The van der Waals surface area contributed by atoms with Crippen LogP contribution in [0, 0.1) is 0 Å². The van der Waals surface area contributed by atoms with Crippen molar-refractivity contribution in [1.29, 1.82) is 0 Å². The van der Waals surface area contributed by atoms with Crippen LogP contribution in [0.1, 0.15) is 0 Å². The average Bonchev–Trinajstić information content (AvgIpc) is 1.25. The normalized spacial score (nSPS) is 6.67. The summed E-state index contributed by atoms with van der Waals surface area (Å²) in [7, 11) is 6.00. The van der Waals surface area contributed by atoms with E-state index in [1.165, 1.54) is 0 Å². The molecule has 0 radical (unpaired) electrons. The Morgan fingerprint density at radius 3 is 1.22 bits per heavy atom. The fourth-order valence-electron chi connectivity index (χ4n) is 0. The van der Waals surface area contributed by atoms with E-state index in [9.17, 15) is 0 Å². The van der Waals surface area contributed by atoms with Crippen LogP contribution >= 0.6 is 0 Å². The van der Waals surface area contributed by atoms with E-state index in [2.05, 4.69) is 0 Å². The van der Waals surface area contributed by atoms with Gasteiger partial charge in [0.2, 0.25) is 0 Å². The van der Waals surface area contributed by atoms with Crippen molar-refractivity contribution in [3.63, 3.8) is 0 Å². The molecule has 4 nitrogen and oxygen atoms in total. The van der Waals surface area contributed by atoms with Gasteiger partial charge in [-0.25, -0.2) is 4.79 Å². The molecular formula is C4H12KNO3. The predicted molar refractivity (Wildman–Crippen MR) is 37.4 cm³/mol. The van der Waals surface area contributed by atoms with Crippen LogP contribution in [-0.2, 0) is 0 Å². The topological polar surface area (TPSA) is 60.8 Å². The first-order valence-electron chi connectivity index (χ1n) is 1.99. The quantitative estimate of drug-likeness (QED) is 0.481. The minimum atomic E-state index is -1.83. The molecule has 0 aliphatic carbocycles. The minimum absolute atomic E-state index is 0. The zero-order valence-corrected chi connectivity index (χ0v) is 5.25. The van der Waals surface area contributed by atoms with Crippen LogP contribution in [0.15, 0.2) is 0 Å². The molecular weight excluding hydrogens is 149 g/mol. The van der Waals surface area contributed by atoms with Crippen LogP contribution in [0.3, 0.4) is 0 Å². The van der Waals surface area contributed by atoms with Crippen LogP contribution in [-0.4, -0.2) is 93.8 Å². The summed E-state index contributed by atoms with van der Waals surface area (Å²) >= 11 is 0. The maximum absolute atomic E-state index is 8.56. The van der Waals surface area contributed by atoms with Gasteiger partial charge in [0.25, 0.3) is 0 Å². The Kier molecular flexibility index (Phi) is 21.3. The summed E-state index contributed by atoms with van der Waals surface area (Å²) < 4.78 is 0. The SMILES string of the molecule is CN(C)C.O=C(O)O.[KH]. The molecule has 0 aliphatic rings. The van der Waals surface area contributed by atoms with Crippen molar-refractivity contribution >= 4 is 57.5 Å². The Labute approximate surface area is 97.3 Å². The Bertz CT molecular complexity index is 60.1. The number of carboxylic acid groups (broad SMARTS) is 2. The third kappa shape index (κ3) is 557. The fourth-order valence-corrected chi connectivity index (χ4v) is 0. The van der Waals surface area contributed by atoms with Gasteiger partial charge in [0.1, 0.15) is 0 Å². The summed E-state index contributed by atoms with van der Waals surface area (Å²) in [6.45, 7) is 0. The van der Waals surface area contributed by atoms with E-state index in [1.807, 2.05) is 26.0 Å². The molecule has 0 aromatic rings. The van der Waals surface area contributed by atoms with Gasteiger partial charge in [-0.05, 0) is 21.1 Å². The Hall–Kier alpha value is 0.866. The molecule has 0 aromatic carbocycles. The van der Waals surface area contributed by atoms with Gasteiger partial charge in [-0.1, -0.05) is 0 Å². The molecule has 0 bridgehead atoms. The fraction of sp³-hybridized carbons (Fsp3) is 0.750. The molecule has 0 unspecified atom stereocenters. The molecule has 0 heterocycles. The van der Waals surface area contributed by atoms with Crippen LogP contribution in [0.25, 0.3) is 0 Å². The van der Waals surface area contributed by atoms with E-state index in [0.29, 0.717) is 0 Å². The molecule has 0 aliphatic heterocycles. The number of rotatable bonds is 0. The summed E-state index contributed by atoms with van der Waals surface area (Å²) in [6, 6.07) is 0. The van der Waals surface area contributed by atoms with Gasteiger partial charge >= 0.3 is 57.5 Å². The van der Waals surface area contributed by atoms with E-state index in [1.54, 1.807) is 0 Å². The summed E-state index contributed by atoms with van der Waals surface area (Å²) in [6.07, 6.45) is -1.83. The third-order valence-corrected chi connectivity index (χ3v) is 0. The molecule has 0 saturated carbocycles. The van der Waals surface area contributed by atoms with Crippen molar-refractivity contribution in [2.24, 2.45) is 0 Å². The zero-order valence-electron chi connectivity index (χ0n) is 5.25. The molecule has 0 saturated heterocycles. The standard InChI is InChI=1S/C3H9N.CH2O3.K.H/c1-4(2)3;2-1(3)4;;/h1-3H3;(H2,2,3,4);;. The molecule has 52 valence electrons. The molecule has 9 heavy (non-hydrogen) atoms. The van der Waals surface area contributed by atoms with E-state index in [0.717, 1.165) is 0 Å². The van der Waals surface area contributed by atoms with E-state index in [4.69, 9.17) is 15.0 Å². The average molecular weight is 161 g/mol. The first kappa shape index (κ1) is 16.5. The number of hydrogen-bond acceptors (Lipinski definition) is 2. The maximum atomic E-state index is 8.56. The molecule has 0 spiro atoms. The number of carbonyl (C=O) groups is 1. The molecule has 0 aromatic heterocycles. The second kappa shape index (κ2) is 11.6. The van der Waals surface area contributed by atoms with Gasteiger partial charge in [0, 0.05) is 0 Å². The Morgan fingerprint density at radius 1 is 1.22 bits per heavy atom. The summed E-state index contributed by atoms with van der Waals surface area (Å²) in [5.41, 5.74) is 0. The van der Waals surface area contributed by atoms with Crippen LogP contribution in [0.4, 0.5) is 4.79 Å². The van der Waals surface area contributed by atoms with E-state index >= 15 is 0 Å². The van der Waals surface area contributed by atoms with Gasteiger partial charge in [0.05, 0.1) is 0 Å². The van der Waals surface area contributed by atoms with Crippen LogP contribution in [0.2, 0.25) is 0 Å². The summed E-state index contributed by atoms with van der Waals surface area (Å²) in [5.74, 6) is 0. The van der Waals surface area contributed by atoms with E-state index < -0.39 is 6.16 Å². The second-order valence-electron chi connectivity index (χ2n) is 1.62. The number of hydrogen-bond donors (Lipinski definition) is 2. The zero-order chi connectivity index (χ0) is 7.15. The van der Waals surface area contributed by atoms with Crippen molar-refractivity contribution in [3.8, 4) is 0 Å². The molecule has 0 atom stereocenters.